The molecule has 0 spiro atoms. The van der Waals surface area contributed by atoms with Crippen molar-refractivity contribution in [3.63, 3.8) is 0 Å². The van der Waals surface area contributed by atoms with E-state index >= 15 is 0 Å². The van der Waals surface area contributed by atoms with E-state index in [9.17, 15) is 4.79 Å². The molecule has 0 aromatic carbocycles. The van der Waals surface area contributed by atoms with Crippen LogP contribution in [-0.2, 0) is 4.79 Å². The average molecular weight is 180 g/mol. The lowest BCUT2D eigenvalue weighted by Crippen LogP contribution is -2.43. The highest BCUT2D eigenvalue weighted by Gasteiger charge is 2.36. The molecule has 2 aliphatic rings. The van der Waals surface area contributed by atoms with Gasteiger partial charge in [0.15, 0.2) is 0 Å². The van der Waals surface area contributed by atoms with Gasteiger partial charge in [-0.05, 0) is 19.3 Å². The highest BCUT2D eigenvalue weighted by molar-refractivity contribution is 5.95. The lowest BCUT2D eigenvalue weighted by Gasteiger charge is -2.33. The van der Waals surface area contributed by atoms with Crippen LogP contribution < -0.4 is 5.43 Å². The van der Waals surface area contributed by atoms with E-state index in [1.54, 1.807) is 0 Å². The van der Waals surface area contributed by atoms with Gasteiger partial charge in [-0.3, -0.25) is 4.79 Å². The summed E-state index contributed by atoms with van der Waals surface area (Å²) >= 11 is 0. The van der Waals surface area contributed by atoms with Gasteiger partial charge in [0.25, 0.3) is 0 Å². The predicted molar refractivity (Wildman–Crippen MR) is 51.3 cm³/mol. The third-order valence-electron chi connectivity index (χ3n) is 3.20. The maximum absolute atomic E-state index is 11.5. The van der Waals surface area contributed by atoms with Crippen LogP contribution in [-0.4, -0.2) is 11.6 Å². The van der Waals surface area contributed by atoms with Crippen molar-refractivity contribution in [3.8, 4) is 0 Å². The molecule has 2 unspecified atom stereocenters. The number of hydrazone groups is 1. The topological polar surface area (TPSA) is 41.5 Å². The fourth-order valence-corrected chi connectivity index (χ4v) is 2.48. The quantitative estimate of drug-likeness (QED) is 0.655. The molecule has 0 saturated heterocycles. The predicted octanol–water partition coefficient (Wildman–Crippen LogP) is 1.69. The minimum atomic E-state index is 0.141. The van der Waals surface area contributed by atoms with Crippen LogP contribution in [0.4, 0.5) is 0 Å². The average Bonchev–Trinajstić information content (AvgIpc) is 2.19. The van der Waals surface area contributed by atoms with E-state index in [0.29, 0.717) is 5.92 Å². The molecular formula is C10H16N2O. The maximum atomic E-state index is 11.5. The number of nitrogens with one attached hydrogen (secondary N) is 1. The molecule has 13 heavy (non-hydrogen) atoms. The molecule has 0 aromatic rings. The van der Waals surface area contributed by atoms with Gasteiger partial charge >= 0.3 is 0 Å². The van der Waals surface area contributed by atoms with Crippen LogP contribution in [0.2, 0.25) is 0 Å². The van der Waals surface area contributed by atoms with Crippen LogP contribution in [0.25, 0.3) is 0 Å². The second-order valence-corrected chi connectivity index (χ2v) is 3.93. The molecule has 3 heteroatoms. The number of carbonyl (C=O) groups excluding carboxylic acids is 1. The Bertz CT molecular complexity index is 247. The van der Waals surface area contributed by atoms with Gasteiger partial charge in [-0.25, -0.2) is 5.43 Å². The summed E-state index contributed by atoms with van der Waals surface area (Å²) in [5.74, 6) is 0.815. The Hall–Kier alpha value is -0.860. The third kappa shape index (κ3) is 1.47. The van der Waals surface area contributed by atoms with Crippen LogP contribution in [0.5, 0.6) is 0 Å². The van der Waals surface area contributed by atoms with Gasteiger partial charge in [-0.15, -0.1) is 0 Å². The molecule has 1 fully saturated rings. The zero-order valence-electron chi connectivity index (χ0n) is 8.05. The van der Waals surface area contributed by atoms with Crippen molar-refractivity contribution in [2.75, 3.05) is 0 Å². The van der Waals surface area contributed by atoms with E-state index in [4.69, 9.17) is 0 Å². The molecule has 2 rings (SSSR count). The number of fused-ring (bicyclic) bond motifs is 1. The van der Waals surface area contributed by atoms with E-state index in [1.165, 1.54) is 18.6 Å². The van der Waals surface area contributed by atoms with Gasteiger partial charge in [0, 0.05) is 17.5 Å². The summed E-state index contributed by atoms with van der Waals surface area (Å²) in [6.45, 7) is 2.11. The van der Waals surface area contributed by atoms with Crippen molar-refractivity contribution in [3.05, 3.63) is 0 Å². The van der Waals surface area contributed by atoms with Crippen LogP contribution in [0.15, 0.2) is 5.10 Å². The highest BCUT2D eigenvalue weighted by atomic mass is 16.2. The first-order valence-corrected chi connectivity index (χ1v) is 5.19. The monoisotopic (exact) mass is 180 g/mol. The van der Waals surface area contributed by atoms with Gasteiger partial charge in [-0.2, -0.15) is 5.10 Å². The van der Waals surface area contributed by atoms with Crippen molar-refractivity contribution < 1.29 is 4.79 Å². The van der Waals surface area contributed by atoms with Crippen LogP contribution in [0.3, 0.4) is 0 Å². The molecule has 0 aromatic heterocycles. The summed E-state index contributed by atoms with van der Waals surface area (Å²) in [6, 6.07) is 0. The molecule has 1 saturated carbocycles. The van der Waals surface area contributed by atoms with Gasteiger partial charge in [0.2, 0.25) is 5.91 Å². The number of amides is 1. The molecule has 1 aliphatic heterocycles. The normalized spacial score (nSPS) is 33.3. The van der Waals surface area contributed by atoms with Gasteiger partial charge < -0.3 is 0 Å². The molecule has 2 atom stereocenters. The summed E-state index contributed by atoms with van der Waals surface area (Å²) in [5.41, 5.74) is 3.83. The lowest BCUT2D eigenvalue weighted by atomic mass is 9.75. The molecule has 1 N–H and O–H groups in total. The first kappa shape index (κ1) is 8.73. The third-order valence-corrected chi connectivity index (χ3v) is 3.20. The van der Waals surface area contributed by atoms with Crippen LogP contribution >= 0.6 is 0 Å². The summed E-state index contributed by atoms with van der Waals surface area (Å²) in [4.78, 5) is 11.5. The molecule has 1 aliphatic carbocycles. The fourth-order valence-electron chi connectivity index (χ4n) is 2.48. The summed E-state index contributed by atoms with van der Waals surface area (Å²) in [5, 5.41) is 4.13. The number of hydrogen-bond acceptors (Lipinski definition) is 2. The van der Waals surface area contributed by atoms with Crippen molar-refractivity contribution in [1.29, 1.82) is 0 Å². The zero-order valence-corrected chi connectivity index (χ0v) is 8.05. The molecule has 0 radical (unpaired) electrons. The van der Waals surface area contributed by atoms with Gasteiger partial charge in [0.05, 0.1) is 0 Å². The summed E-state index contributed by atoms with van der Waals surface area (Å²) in [6.07, 6.45) is 5.64. The van der Waals surface area contributed by atoms with Crippen molar-refractivity contribution in [2.45, 2.75) is 39.0 Å². The van der Waals surface area contributed by atoms with Crippen LogP contribution in [0.1, 0.15) is 39.0 Å². The minimum absolute atomic E-state index is 0.141. The Morgan fingerprint density at radius 3 is 2.77 bits per heavy atom. The Kier molecular flexibility index (Phi) is 2.34. The Labute approximate surface area is 78.6 Å². The molecule has 3 nitrogen and oxygen atoms in total. The second kappa shape index (κ2) is 3.48. The van der Waals surface area contributed by atoms with E-state index in [1.807, 2.05) is 0 Å². The first-order valence-electron chi connectivity index (χ1n) is 5.19. The van der Waals surface area contributed by atoms with Gasteiger partial charge in [-0.1, -0.05) is 19.8 Å². The molecule has 0 bridgehead atoms. The zero-order chi connectivity index (χ0) is 9.26. The van der Waals surface area contributed by atoms with Crippen LogP contribution in [0, 0.1) is 11.8 Å². The molecule has 1 heterocycles. The summed E-state index contributed by atoms with van der Waals surface area (Å²) < 4.78 is 0. The van der Waals surface area contributed by atoms with Crippen molar-refractivity contribution in [2.24, 2.45) is 16.9 Å². The SMILES string of the molecule is CCC1=NNC(=O)C2CCCCC12. The van der Waals surface area contributed by atoms with E-state index in [-0.39, 0.29) is 11.8 Å². The summed E-state index contributed by atoms with van der Waals surface area (Å²) in [7, 11) is 0. The minimum Gasteiger partial charge on any atom is -0.273 e. The van der Waals surface area contributed by atoms with E-state index in [0.717, 1.165) is 19.3 Å². The van der Waals surface area contributed by atoms with Gasteiger partial charge in [0.1, 0.15) is 0 Å². The molecule has 1 amide bonds. The maximum Gasteiger partial charge on any atom is 0.243 e. The number of hydrogen-bond donors (Lipinski definition) is 1. The Morgan fingerprint density at radius 1 is 1.38 bits per heavy atom. The van der Waals surface area contributed by atoms with E-state index in [2.05, 4.69) is 17.5 Å². The largest absolute Gasteiger partial charge is 0.273 e. The fraction of sp³-hybridized carbons (Fsp3) is 0.800. The molecular weight excluding hydrogens is 164 g/mol. The first-order chi connectivity index (χ1) is 6.33. The highest BCUT2D eigenvalue weighted by Crippen LogP contribution is 2.33. The van der Waals surface area contributed by atoms with Crippen molar-refractivity contribution >= 4 is 11.6 Å². The van der Waals surface area contributed by atoms with Crippen molar-refractivity contribution in [1.82, 2.24) is 5.43 Å². The number of carbonyl (C=O) groups is 1. The second-order valence-electron chi connectivity index (χ2n) is 3.93. The molecule has 72 valence electrons. The smallest absolute Gasteiger partial charge is 0.243 e. The lowest BCUT2D eigenvalue weighted by molar-refractivity contribution is -0.127. The number of nitrogens with zero attached hydrogens (tertiary/aromatic N) is 1. The Balaban J connectivity index is 2.20. The standard InChI is InChI=1S/C10H16N2O/c1-2-9-7-5-3-4-6-8(7)10(13)12-11-9/h7-8H,2-6H2,1H3,(H,12,13). The number of rotatable bonds is 1. The van der Waals surface area contributed by atoms with E-state index < -0.39 is 0 Å². The Morgan fingerprint density at radius 2 is 2.08 bits per heavy atom.